The SMILES string of the molecule is CCCNc1cc(C(=O)NC2CCCCC2)nc(C)n1. The maximum Gasteiger partial charge on any atom is 0.270 e. The third-order valence-electron chi connectivity index (χ3n) is 3.57. The maximum absolute atomic E-state index is 12.3. The highest BCUT2D eigenvalue weighted by atomic mass is 16.1. The highest BCUT2D eigenvalue weighted by Crippen LogP contribution is 2.18. The van der Waals surface area contributed by atoms with Crippen LogP contribution >= 0.6 is 0 Å². The molecular weight excluding hydrogens is 252 g/mol. The van der Waals surface area contributed by atoms with Crippen molar-refractivity contribution < 1.29 is 4.79 Å². The Hall–Kier alpha value is -1.65. The van der Waals surface area contributed by atoms with Crippen LogP contribution in [0.1, 0.15) is 61.8 Å². The molecule has 1 fully saturated rings. The number of nitrogens with one attached hydrogen (secondary N) is 2. The third kappa shape index (κ3) is 4.18. The predicted octanol–water partition coefficient (Wildman–Crippen LogP) is 2.67. The summed E-state index contributed by atoms with van der Waals surface area (Å²) in [7, 11) is 0. The zero-order valence-corrected chi connectivity index (χ0v) is 12.4. The molecule has 0 aromatic carbocycles. The predicted molar refractivity (Wildman–Crippen MR) is 79.9 cm³/mol. The Kier molecular flexibility index (Phi) is 5.32. The van der Waals surface area contributed by atoms with Gasteiger partial charge in [-0.2, -0.15) is 0 Å². The van der Waals surface area contributed by atoms with Crippen molar-refractivity contribution in [3.63, 3.8) is 0 Å². The van der Waals surface area contributed by atoms with Crippen molar-refractivity contribution in [1.29, 1.82) is 0 Å². The molecule has 0 unspecified atom stereocenters. The van der Waals surface area contributed by atoms with Crippen LogP contribution < -0.4 is 10.6 Å². The first-order valence-corrected chi connectivity index (χ1v) is 7.59. The highest BCUT2D eigenvalue weighted by Gasteiger charge is 2.18. The van der Waals surface area contributed by atoms with E-state index < -0.39 is 0 Å². The molecule has 0 saturated heterocycles. The molecule has 5 heteroatoms. The molecule has 1 aromatic rings. The maximum atomic E-state index is 12.3. The molecule has 110 valence electrons. The standard InChI is InChI=1S/C15H24N4O/c1-3-9-16-14-10-13(17-11(2)18-14)15(20)19-12-7-5-4-6-8-12/h10,12H,3-9H2,1-2H3,(H,19,20)(H,16,17,18). The lowest BCUT2D eigenvalue weighted by molar-refractivity contribution is 0.0922. The van der Waals surface area contributed by atoms with Crippen LogP contribution in [-0.2, 0) is 0 Å². The fraction of sp³-hybridized carbons (Fsp3) is 0.667. The minimum atomic E-state index is -0.0815. The van der Waals surface area contributed by atoms with Gasteiger partial charge in [0.25, 0.3) is 5.91 Å². The van der Waals surface area contributed by atoms with Crippen molar-refractivity contribution in [3.8, 4) is 0 Å². The third-order valence-corrected chi connectivity index (χ3v) is 3.57. The molecule has 2 rings (SSSR count). The van der Waals surface area contributed by atoms with Crippen LogP contribution in [0.3, 0.4) is 0 Å². The van der Waals surface area contributed by atoms with Gasteiger partial charge in [-0.1, -0.05) is 26.2 Å². The normalized spacial score (nSPS) is 15.9. The van der Waals surface area contributed by atoms with Crippen LogP contribution in [0.2, 0.25) is 0 Å². The van der Waals surface area contributed by atoms with E-state index in [0.29, 0.717) is 17.6 Å². The molecule has 5 nitrogen and oxygen atoms in total. The second kappa shape index (κ2) is 7.22. The molecule has 1 aromatic heterocycles. The molecule has 0 radical (unpaired) electrons. The summed E-state index contributed by atoms with van der Waals surface area (Å²) in [6.07, 6.45) is 6.87. The van der Waals surface area contributed by atoms with Crippen LogP contribution in [0.15, 0.2) is 6.07 Å². The van der Waals surface area contributed by atoms with Crippen molar-refractivity contribution in [2.24, 2.45) is 0 Å². The summed E-state index contributed by atoms with van der Waals surface area (Å²) in [6, 6.07) is 2.04. The quantitative estimate of drug-likeness (QED) is 0.867. The first-order valence-electron chi connectivity index (χ1n) is 7.59. The van der Waals surface area contributed by atoms with E-state index in [-0.39, 0.29) is 5.91 Å². The van der Waals surface area contributed by atoms with E-state index >= 15 is 0 Å². The molecule has 1 heterocycles. The van der Waals surface area contributed by atoms with Gasteiger partial charge < -0.3 is 10.6 Å². The topological polar surface area (TPSA) is 66.9 Å². The number of carbonyl (C=O) groups excluding carboxylic acids is 1. The van der Waals surface area contributed by atoms with E-state index in [9.17, 15) is 4.79 Å². The number of hydrogen-bond acceptors (Lipinski definition) is 4. The number of amides is 1. The van der Waals surface area contributed by atoms with Crippen molar-refractivity contribution in [1.82, 2.24) is 15.3 Å². The first kappa shape index (κ1) is 14.8. The average Bonchev–Trinajstić information content (AvgIpc) is 2.45. The van der Waals surface area contributed by atoms with Gasteiger partial charge in [-0.15, -0.1) is 0 Å². The van der Waals surface area contributed by atoms with Crippen LogP contribution in [-0.4, -0.2) is 28.5 Å². The van der Waals surface area contributed by atoms with Gasteiger partial charge in [0.15, 0.2) is 0 Å². The Morgan fingerprint density at radius 3 is 2.75 bits per heavy atom. The van der Waals surface area contributed by atoms with E-state index in [4.69, 9.17) is 0 Å². The summed E-state index contributed by atoms with van der Waals surface area (Å²) in [5, 5.41) is 6.29. The minimum Gasteiger partial charge on any atom is -0.370 e. The number of anilines is 1. The largest absolute Gasteiger partial charge is 0.370 e. The molecule has 1 amide bonds. The van der Waals surface area contributed by atoms with Gasteiger partial charge in [0.2, 0.25) is 0 Å². The second-order valence-corrected chi connectivity index (χ2v) is 5.42. The molecule has 0 atom stereocenters. The number of aryl methyl sites for hydroxylation is 1. The fourth-order valence-electron chi connectivity index (χ4n) is 2.53. The van der Waals surface area contributed by atoms with E-state index in [1.54, 1.807) is 6.07 Å². The number of rotatable bonds is 5. The van der Waals surface area contributed by atoms with E-state index in [0.717, 1.165) is 31.6 Å². The minimum absolute atomic E-state index is 0.0815. The second-order valence-electron chi connectivity index (χ2n) is 5.42. The molecule has 1 aliphatic carbocycles. The van der Waals surface area contributed by atoms with Gasteiger partial charge in [0, 0.05) is 18.7 Å². The van der Waals surface area contributed by atoms with Gasteiger partial charge in [-0.3, -0.25) is 4.79 Å². The van der Waals surface area contributed by atoms with Crippen LogP contribution in [0.4, 0.5) is 5.82 Å². The fourth-order valence-corrected chi connectivity index (χ4v) is 2.53. The van der Waals surface area contributed by atoms with Crippen molar-refractivity contribution >= 4 is 11.7 Å². The lowest BCUT2D eigenvalue weighted by Crippen LogP contribution is -2.36. The van der Waals surface area contributed by atoms with Crippen LogP contribution in [0.5, 0.6) is 0 Å². The molecule has 20 heavy (non-hydrogen) atoms. The Balaban J connectivity index is 2.02. The van der Waals surface area contributed by atoms with Crippen LogP contribution in [0.25, 0.3) is 0 Å². The lowest BCUT2D eigenvalue weighted by atomic mass is 9.95. The van der Waals surface area contributed by atoms with Gasteiger partial charge in [-0.05, 0) is 26.2 Å². The number of nitrogens with zero attached hydrogens (tertiary/aromatic N) is 2. The summed E-state index contributed by atoms with van der Waals surface area (Å²) in [5.74, 6) is 1.27. The summed E-state index contributed by atoms with van der Waals surface area (Å²) in [5.41, 5.74) is 0.460. The van der Waals surface area contributed by atoms with E-state index in [1.807, 2.05) is 6.92 Å². The zero-order chi connectivity index (χ0) is 14.4. The zero-order valence-electron chi connectivity index (χ0n) is 12.4. The van der Waals surface area contributed by atoms with Gasteiger partial charge in [0.1, 0.15) is 17.3 Å². The Bertz CT molecular complexity index is 455. The highest BCUT2D eigenvalue weighted by molar-refractivity contribution is 5.93. The molecule has 2 N–H and O–H groups in total. The van der Waals surface area contributed by atoms with Crippen molar-refractivity contribution in [3.05, 3.63) is 17.6 Å². The summed E-state index contributed by atoms with van der Waals surface area (Å²) < 4.78 is 0. The molecular formula is C15H24N4O. The molecule has 0 bridgehead atoms. The van der Waals surface area contributed by atoms with Gasteiger partial charge >= 0.3 is 0 Å². The van der Waals surface area contributed by atoms with E-state index in [2.05, 4.69) is 27.5 Å². The van der Waals surface area contributed by atoms with Crippen molar-refractivity contribution in [2.45, 2.75) is 58.4 Å². The molecule has 0 aliphatic heterocycles. The average molecular weight is 276 g/mol. The smallest absolute Gasteiger partial charge is 0.270 e. The lowest BCUT2D eigenvalue weighted by Gasteiger charge is -2.22. The Morgan fingerprint density at radius 1 is 1.30 bits per heavy atom. The summed E-state index contributed by atoms with van der Waals surface area (Å²) in [6.45, 7) is 4.76. The number of hydrogen-bond donors (Lipinski definition) is 2. The first-order chi connectivity index (χ1) is 9.69. The molecule has 1 aliphatic rings. The van der Waals surface area contributed by atoms with E-state index in [1.165, 1.54) is 19.3 Å². The van der Waals surface area contributed by atoms with Crippen molar-refractivity contribution in [2.75, 3.05) is 11.9 Å². The monoisotopic (exact) mass is 276 g/mol. The van der Waals surface area contributed by atoms with Crippen LogP contribution in [0, 0.1) is 6.92 Å². The Morgan fingerprint density at radius 2 is 2.05 bits per heavy atom. The summed E-state index contributed by atoms with van der Waals surface area (Å²) >= 11 is 0. The number of carbonyl (C=O) groups is 1. The Labute approximate surface area is 120 Å². The number of aromatic nitrogens is 2. The molecule has 0 spiro atoms. The van der Waals surface area contributed by atoms with Gasteiger partial charge in [0.05, 0.1) is 0 Å². The molecule has 1 saturated carbocycles. The van der Waals surface area contributed by atoms with Gasteiger partial charge in [-0.25, -0.2) is 9.97 Å². The summed E-state index contributed by atoms with van der Waals surface area (Å²) in [4.78, 5) is 20.8.